The smallest absolute Gasteiger partial charge is 0.354 e. The van der Waals surface area contributed by atoms with E-state index in [4.69, 9.17) is 5.11 Å². The predicted octanol–water partition coefficient (Wildman–Crippen LogP) is -0.113. The summed E-state index contributed by atoms with van der Waals surface area (Å²) in [4.78, 5) is 17.7. The summed E-state index contributed by atoms with van der Waals surface area (Å²) in [6.45, 7) is 1.43. The molecule has 0 atom stereocenters. The third-order valence-corrected chi connectivity index (χ3v) is 2.38. The van der Waals surface area contributed by atoms with E-state index in [1.54, 1.807) is 0 Å². The number of aromatic nitrogens is 2. The molecule has 0 amide bonds. The molecule has 0 aliphatic rings. The fourth-order valence-corrected chi connectivity index (χ4v) is 1.46. The number of nitrogens with zero attached hydrogens (tertiary/aromatic N) is 2. The minimum absolute atomic E-state index is 0.116. The molecule has 7 heteroatoms. The van der Waals surface area contributed by atoms with Crippen LogP contribution in [0.4, 0.5) is 0 Å². The Morgan fingerprint density at radius 3 is 2.43 bits per heavy atom. The highest BCUT2D eigenvalue weighted by Gasteiger charge is 2.14. The number of carboxylic acid groups (broad SMARTS) is 1. The predicted molar refractivity (Wildman–Crippen MR) is 46.8 cm³/mol. The van der Waals surface area contributed by atoms with Gasteiger partial charge in [0.25, 0.3) is 0 Å². The fraction of sp³-hybridized carbons (Fsp3) is 0.286. The molecule has 76 valence electrons. The summed E-state index contributed by atoms with van der Waals surface area (Å²) in [5.41, 5.74) is -0.321. The highest BCUT2D eigenvalue weighted by molar-refractivity contribution is 7.90. The number of aryl methyl sites for hydroxylation is 1. The molecule has 0 unspecified atom stereocenters. The number of carbonyl (C=O) groups is 1. The third kappa shape index (κ3) is 2.25. The van der Waals surface area contributed by atoms with Gasteiger partial charge in [0.1, 0.15) is 5.82 Å². The van der Waals surface area contributed by atoms with E-state index in [1.807, 2.05) is 0 Å². The van der Waals surface area contributed by atoms with Crippen LogP contribution in [-0.4, -0.2) is 35.7 Å². The molecular weight excluding hydrogens is 208 g/mol. The summed E-state index contributed by atoms with van der Waals surface area (Å²) in [6, 6.07) is 0.935. The van der Waals surface area contributed by atoms with Crippen LogP contribution in [0.25, 0.3) is 0 Å². The van der Waals surface area contributed by atoms with Gasteiger partial charge in [0.15, 0.2) is 20.6 Å². The molecule has 1 aromatic heterocycles. The number of hydrogen-bond acceptors (Lipinski definition) is 5. The monoisotopic (exact) mass is 216 g/mol. The molecule has 14 heavy (non-hydrogen) atoms. The molecule has 1 rings (SSSR count). The Balaban J connectivity index is 3.43. The number of carboxylic acids is 1. The molecule has 0 aromatic carbocycles. The van der Waals surface area contributed by atoms with Crippen LogP contribution < -0.4 is 0 Å². The Morgan fingerprint density at radius 2 is 2.00 bits per heavy atom. The largest absolute Gasteiger partial charge is 0.477 e. The van der Waals surface area contributed by atoms with Gasteiger partial charge in [0.2, 0.25) is 0 Å². The first-order valence-corrected chi connectivity index (χ1v) is 5.49. The zero-order valence-corrected chi connectivity index (χ0v) is 8.37. The Morgan fingerprint density at radius 1 is 1.43 bits per heavy atom. The number of aromatic carboxylic acids is 1. The van der Waals surface area contributed by atoms with Crippen molar-refractivity contribution in [2.45, 2.75) is 11.9 Å². The van der Waals surface area contributed by atoms with E-state index in [0.29, 0.717) is 0 Å². The number of rotatable bonds is 2. The molecule has 0 saturated carbocycles. The summed E-state index contributed by atoms with van der Waals surface area (Å²) in [7, 11) is -3.50. The van der Waals surface area contributed by atoms with E-state index in [2.05, 4.69) is 9.97 Å². The van der Waals surface area contributed by atoms with Gasteiger partial charge in [0, 0.05) is 12.3 Å². The second kappa shape index (κ2) is 3.33. The van der Waals surface area contributed by atoms with Crippen LogP contribution in [-0.2, 0) is 9.84 Å². The Hall–Kier alpha value is -1.50. The minimum atomic E-state index is -3.50. The van der Waals surface area contributed by atoms with Crippen molar-refractivity contribution in [3.8, 4) is 0 Å². The van der Waals surface area contributed by atoms with Gasteiger partial charge < -0.3 is 5.11 Å². The second-order valence-electron chi connectivity index (χ2n) is 2.72. The highest BCUT2D eigenvalue weighted by atomic mass is 32.2. The summed E-state index contributed by atoms with van der Waals surface area (Å²) < 4.78 is 22.2. The fourth-order valence-electron chi connectivity index (χ4n) is 0.840. The van der Waals surface area contributed by atoms with Crippen molar-refractivity contribution in [3.05, 3.63) is 17.6 Å². The summed E-state index contributed by atoms with van der Waals surface area (Å²) in [5, 5.41) is 8.34. The molecule has 1 heterocycles. The van der Waals surface area contributed by atoms with Gasteiger partial charge in [-0.05, 0) is 6.92 Å². The maximum Gasteiger partial charge on any atom is 0.354 e. The van der Waals surface area contributed by atoms with Crippen LogP contribution >= 0.6 is 0 Å². The van der Waals surface area contributed by atoms with Gasteiger partial charge in [-0.15, -0.1) is 0 Å². The quantitative estimate of drug-likeness (QED) is 0.692. The molecule has 0 aliphatic heterocycles. The number of sulfone groups is 1. The first-order valence-electron chi connectivity index (χ1n) is 3.60. The lowest BCUT2D eigenvalue weighted by Crippen LogP contribution is -2.09. The highest BCUT2D eigenvalue weighted by Crippen LogP contribution is 2.07. The molecule has 0 fully saturated rings. The lowest BCUT2D eigenvalue weighted by Gasteiger charge is -2.00. The first kappa shape index (κ1) is 10.6. The van der Waals surface area contributed by atoms with Crippen LogP contribution in [0.3, 0.4) is 0 Å². The van der Waals surface area contributed by atoms with Crippen LogP contribution in [0.5, 0.6) is 0 Å². The molecule has 0 aliphatic carbocycles. The van der Waals surface area contributed by atoms with Crippen molar-refractivity contribution in [2.75, 3.05) is 6.26 Å². The van der Waals surface area contributed by atoms with E-state index in [1.165, 1.54) is 6.92 Å². The Labute approximate surface area is 80.5 Å². The lowest BCUT2D eigenvalue weighted by molar-refractivity contribution is 0.0689. The van der Waals surface area contributed by atoms with Crippen molar-refractivity contribution >= 4 is 15.8 Å². The Kier molecular flexibility index (Phi) is 2.52. The van der Waals surface area contributed by atoms with Crippen LogP contribution in [0.2, 0.25) is 0 Å². The van der Waals surface area contributed by atoms with Gasteiger partial charge in [-0.25, -0.2) is 23.2 Å². The standard InChI is InChI=1S/C7H8N2O4S/c1-4-8-5(7(10)11)3-6(9-4)14(2,12)13/h3H,1-2H3,(H,10,11). The average molecular weight is 216 g/mol. The van der Waals surface area contributed by atoms with Crippen LogP contribution in [0, 0.1) is 6.92 Å². The van der Waals surface area contributed by atoms with E-state index in [-0.39, 0.29) is 16.5 Å². The Bertz CT molecular complexity index is 480. The van der Waals surface area contributed by atoms with Crippen LogP contribution in [0.15, 0.2) is 11.1 Å². The average Bonchev–Trinajstić information content (AvgIpc) is 2.01. The topological polar surface area (TPSA) is 97.2 Å². The van der Waals surface area contributed by atoms with Crippen molar-refractivity contribution < 1.29 is 18.3 Å². The van der Waals surface area contributed by atoms with Crippen molar-refractivity contribution in [2.24, 2.45) is 0 Å². The maximum absolute atomic E-state index is 11.1. The normalized spacial score (nSPS) is 11.3. The summed E-state index contributed by atoms with van der Waals surface area (Å²) in [5.74, 6) is -1.16. The lowest BCUT2D eigenvalue weighted by atomic mass is 10.4. The van der Waals surface area contributed by atoms with Gasteiger partial charge in [0.05, 0.1) is 0 Å². The van der Waals surface area contributed by atoms with E-state index in [9.17, 15) is 13.2 Å². The number of hydrogen-bond donors (Lipinski definition) is 1. The van der Waals surface area contributed by atoms with Gasteiger partial charge in [-0.1, -0.05) is 0 Å². The zero-order valence-electron chi connectivity index (χ0n) is 7.55. The molecule has 1 aromatic rings. The van der Waals surface area contributed by atoms with Crippen LogP contribution in [0.1, 0.15) is 16.3 Å². The van der Waals surface area contributed by atoms with E-state index in [0.717, 1.165) is 12.3 Å². The SMILES string of the molecule is Cc1nc(C(=O)O)cc(S(C)(=O)=O)n1. The van der Waals surface area contributed by atoms with Crippen molar-refractivity contribution in [3.63, 3.8) is 0 Å². The van der Waals surface area contributed by atoms with Crippen molar-refractivity contribution in [1.82, 2.24) is 9.97 Å². The first-order chi connectivity index (χ1) is 6.30. The zero-order chi connectivity index (χ0) is 10.9. The molecule has 0 bridgehead atoms. The molecular formula is C7H8N2O4S. The molecule has 0 radical (unpaired) electrons. The van der Waals surface area contributed by atoms with Gasteiger partial charge in [-0.3, -0.25) is 0 Å². The molecule has 0 saturated heterocycles. The molecule has 0 spiro atoms. The molecule has 6 nitrogen and oxygen atoms in total. The third-order valence-electron chi connectivity index (χ3n) is 1.41. The van der Waals surface area contributed by atoms with Gasteiger partial charge >= 0.3 is 5.97 Å². The summed E-state index contributed by atoms with van der Waals surface area (Å²) >= 11 is 0. The maximum atomic E-state index is 11.1. The second-order valence-corrected chi connectivity index (χ2v) is 4.68. The molecule has 1 N–H and O–H groups in total. The van der Waals surface area contributed by atoms with E-state index >= 15 is 0 Å². The van der Waals surface area contributed by atoms with Crippen molar-refractivity contribution in [1.29, 1.82) is 0 Å². The summed E-state index contributed by atoms with van der Waals surface area (Å²) in [6.07, 6.45) is 0.959. The van der Waals surface area contributed by atoms with Gasteiger partial charge in [-0.2, -0.15) is 0 Å². The van der Waals surface area contributed by atoms with E-state index < -0.39 is 15.8 Å². The minimum Gasteiger partial charge on any atom is -0.477 e.